The van der Waals surface area contributed by atoms with Crippen LogP contribution in [0.25, 0.3) is 6.08 Å². The number of amides is 3. The van der Waals surface area contributed by atoms with Crippen LogP contribution in [0, 0.1) is 35.0 Å². The Bertz CT molecular complexity index is 1840. The van der Waals surface area contributed by atoms with Gasteiger partial charge in [0.25, 0.3) is 17.7 Å². The summed E-state index contributed by atoms with van der Waals surface area (Å²) in [5.41, 5.74) is 1.83. The summed E-state index contributed by atoms with van der Waals surface area (Å²) in [5, 5.41) is 14.5. The fourth-order valence-electron chi connectivity index (χ4n) is 6.52. The topological polar surface area (TPSA) is 98.0 Å². The molecule has 0 radical (unpaired) electrons. The lowest BCUT2D eigenvalue weighted by Gasteiger charge is -2.30. The molecule has 3 heterocycles. The quantitative estimate of drug-likeness (QED) is 0.160. The standard InChI is InChI=1S/C32H23F5N6O3/c33-21-22(34)24(36)29(25(37)23(21)35)42-31(45)27-30(32(42)46)41(40-38-27)15-20(44)43-28(17-10-5-2-6-11-17)19-13-7-12-18(26(19)39-43)14-16-8-3-1-4-9-16/h1-6,8-11,14,19,27-28,30H,7,12-13,15H2/b18-14+/t19-,27+,28+,30-/m0/s1. The zero-order valence-corrected chi connectivity index (χ0v) is 23.8. The Kier molecular flexibility index (Phi) is 7.21. The van der Waals surface area contributed by atoms with E-state index in [4.69, 9.17) is 5.10 Å². The molecule has 7 rings (SSSR count). The van der Waals surface area contributed by atoms with Crippen LogP contribution >= 0.6 is 0 Å². The van der Waals surface area contributed by atoms with E-state index in [0.29, 0.717) is 0 Å². The number of anilines is 1. The summed E-state index contributed by atoms with van der Waals surface area (Å²) >= 11 is 0. The van der Waals surface area contributed by atoms with Crippen molar-refractivity contribution < 1.29 is 36.3 Å². The summed E-state index contributed by atoms with van der Waals surface area (Å²) in [4.78, 5) is 40.2. The smallest absolute Gasteiger partial charge is 0.264 e. The second-order valence-corrected chi connectivity index (χ2v) is 11.3. The highest BCUT2D eigenvalue weighted by molar-refractivity contribution is 6.25. The molecule has 234 valence electrons. The predicted molar refractivity (Wildman–Crippen MR) is 153 cm³/mol. The van der Waals surface area contributed by atoms with Crippen LogP contribution in [-0.4, -0.2) is 52.1 Å². The number of carbonyl (C=O) groups excluding carboxylic acids is 3. The molecule has 1 saturated carbocycles. The van der Waals surface area contributed by atoms with Crippen LogP contribution in [0.3, 0.4) is 0 Å². The maximum atomic E-state index is 14.6. The summed E-state index contributed by atoms with van der Waals surface area (Å²) in [6.07, 6.45) is 4.41. The molecule has 3 amide bonds. The van der Waals surface area contributed by atoms with Crippen molar-refractivity contribution in [3.8, 4) is 0 Å². The van der Waals surface area contributed by atoms with Gasteiger partial charge in [-0.2, -0.15) is 10.2 Å². The fraction of sp³-hybridized carbons (Fsp3) is 0.250. The Labute approximate surface area is 258 Å². The van der Waals surface area contributed by atoms with Crippen molar-refractivity contribution in [2.45, 2.75) is 37.4 Å². The first-order chi connectivity index (χ1) is 22.2. The Hall–Kier alpha value is -5.27. The molecule has 4 atom stereocenters. The molecule has 1 saturated heterocycles. The molecule has 3 aromatic rings. The average Bonchev–Trinajstić information content (AvgIpc) is 3.74. The van der Waals surface area contributed by atoms with Crippen molar-refractivity contribution in [1.29, 1.82) is 0 Å². The zero-order valence-electron chi connectivity index (χ0n) is 23.8. The fourth-order valence-corrected chi connectivity index (χ4v) is 6.52. The lowest BCUT2D eigenvalue weighted by atomic mass is 9.77. The molecule has 2 fully saturated rings. The first-order valence-corrected chi connectivity index (χ1v) is 14.5. The molecule has 14 heteroatoms. The summed E-state index contributed by atoms with van der Waals surface area (Å²) < 4.78 is 70.7. The third kappa shape index (κ3) is 4.58. The van der Waals surface area contributed by atoms with Crippen LogP contribution in [0.2, 0.25) is 0 Å². The van der Waals surface area contributed by atoms with Gasteiger partial charge in [0.05, 0.1) is 11.8 Å². The van der Waals surface area contributed by atoms with Gasteiger partial charge in [0.1, 0.15) is 12.2 Å². The van der Waals surface area contributed by atoms with Crippen LogP contribution in [0.1, 0.15) is 36.4 Å². The second kappa shape index (κ2) is 11.3. The number of imide groups is 1. The number of benzene rings is 3. The number of hydrazone groups is 1. The van der Waals surface area contributed by atoms with E-state index in [9.17, 15) is 36.3 Å². The monoisotopic (exact) mass is 634 g/mol. The molecular formula is C32H23F5N6O3. The average molecular weight is 635 g/mol. The van der Waals surface area contributed by atoms with Crippen molar-refractivity contribution in [3.63, 3.8) is 0 Å². The minimum atomic E-state index is -2.44. The third-order valence-corrected chi connectivity index (χ3v) is 8.60. The molecule has 0 aromatic heterocycles. The van der Waals surface area contributed by atoms with Gasteiger partial charge in [0.15, 0.2) is 35.4 Å². The highest BCUT2D eigenvalue weighted by Crippen LogP contribution is 2.45. The SMILES string of the molecule is O=C1[C@@H]2[C@@H](N=NN2CC(=O)N2N=C3/C(=C/c4ccccc4)CCC[C@@H]3[C@H]2c2ccccc2)C(=O)N1c1c(F)c(F)c(F)c(F)c1F. The minimum Gasteiger partial charge on any atom is -0.271 e. The highest BCUT2D eigenvalue weighted by atomic mass is 19.2. The number of carbonyl (C=O) groups is 3. The van der Waals surface area contributed by atoms with E-state index in [1.54, 1.807) is 0 Å². The number of fused-ring (bicyclic) bond motifs is 2. The van der Waals surface area contributed by atoms with Gasteiger partial charge in [0, 0.05) is 5.92 Å². The van der Waals surface area contributed by atoms with Crippen LogP contribution in [0.5, 0.6) is 0 Å². The van der Waals surface area contributed by atoms with E-state index in [1.165, 1.54) is 5.01 Å². The summed E-state index contributed by atoms with van der Waals surface area (Å²) in [6, 6.07) is 15.2. The summed E-state index contributed by atoms with van der Waals surface area (Å²) in [5.74, 6) is -15.2. The second-order valence-electron chi connectivity index (χ2n) is 11.3. The van der Waals surface area contributed by atoms with Crippen molar-refractivity contribution in [3.05, 3.63) is 106 Å². The lowest BCUT2D eigenvalue weighted by molar-refractivity contribution is -0.136. The van der Waals surface area contributed by atoms with Gasteiger partial charge >= 0.3 is 0 Å². The zero-order chi connectivity index (χ0) is 32.3. The number of hydrogen-bond donors (Lipinski definition) is 0. The molecule has 0 bridgehead atoms. The molecule has 4 aliphatic rings. The predicted octanol–water partition coefficient (Wildman–Crippen LogP) is 5.50. The maximum Gasteiger partial charge on any atom is 0.264 e. The molecule has 3 aromatic carbocycles. The van der Waals surface area contributed by atoms with Crippen LogP contribution in [-0.2, 0) is 14.4 Å². The van der Waals surface area contributed by atoms with Crippen LogP contribution < -0.4 is 4.90 Å². The third-order valence-electron chi connectivity index (χ3n) is 8.60. The molecule has 3 aliphatic heterocycles. The van der Waals surface area contributed by atoms with E-state index >= 15 is 0 Å². The van der Waals surface area contributed by atoms with Crippen molar-refractivity contribution >= 4 is 35.2 Å². The number of allylic oxidation sites excluding steroid dienone is 1. The maximum absolute atomic E-state index is 14.6. The molecule has 9 nitrogen and oxygen atoms in total. The van der Waals surface area contributed by atoms with Gasteiger partial charge in [-0.15, -0.1) is 0 Å². The first kappa shape index (κ1) is 29.4. The molecule has 0 unspecified atom stereocenters. The number of nitrogens with zero attached hydrogens (tertiary/aromatic N) is 6. The van der Waals surface area contributed by atoms with Gasteiger partial charge < -0.3 is 0 Å². The van der Waals surface area contributed by atoms with Crippen LogP contribution in [0.4, 0.5) is 27.6 Å². The van der Waals surface area contributed by atoms with E-state index in [-0.39, 0.29) is 10.8 Å². The van der Waals surface area contributed by atoms with Gasteiger partial charge in [-0.25, -0.2) is 31.9 Å². The Balaban J connectivity index is 1.20. The van der Waals surface area contributed by atoms with Gasteiger partial charge in [-0.05, 0) is 42.0 Å². The van der Waals surface area contributed by atoms with Crippen molar-refractivity contribution in [2.24, 2.45) is 21.4 Å². The molecule has 1 aliphatic carbocycles. The lowest BCUT2D eigenvalue weighted by Crippen LogP contribution is -2.45. The number of hydrogen-bond acceptors (Lipinski definition) is 7. The Morgan fingerprint density at radius 3 is 2.13 bits per heavy atom. The van der Waals surface area contributed by atoms with E-state index < -0.39 is 77.2 Å². The van der Waals surface area contributed by atoms with Gasteiger partial charge in [-0.1, -0.05) is 65.9 Å². The number of rotatable bonds is 5. The molecule has 0 N–H and O–H groups in total. The highest BCUT2D eigenvalue weighted by Gasteiger charge is 2.57. The molecular weight excluding hydrogens is 611 g/mol. The minimum absolute atomic E-state index is 0.126. The van der Waals surface area contributed by atoms with Crippen molar-refractivity contribution in [2.75, 3.05) is 11.4 Å². The first-order valence-electron chi connectivity index (χ1n) is 14.5. The van der Waals surface area contributed by atoms with Gasteiger partial charge in [-0.3, -0.25) is 19.4 Å². The summed E-state index contributed by atoms with van der Waals surface area (Å²) in [7, 11) is 0. The van der Waals surface area contributed by atoms with E-state index in [1.807, 2.05) is 66.7 Å². The van der Waals surface area contributed by atoms with Crippen molar-refractivity contribution in [1.82, 2.24) is 10.0 Å². The van der Waals surface area contributed by atoms with E-state index in [0.717, 1.165) is 46.7 Å². The Morgan fingerprint density at radius 2 is 1.46 bits per heavy atom. The van der Waals surface area contributed by atoms with E-state index in [2.05, 4.69) is 10.3 Å². The Morgan fingerprint density at radius 1 is 0.826 bits per heavy atom. The molecule has 0 spiro atoms. The number of halogens is 5. The normalized spacial score (nSPS) is 24.6. The summed E-state index contributed by atoms with van der Waals surface area (Å²) in [6.45, 7) is -0.612. The molecule has 46 heavy (non-hydrogen) atoms. The largest absolute Gasteiger partial charge is 0.271 e. The van der Waals surface area contributed by atoms with Crippen LogP contribution in [0.15, 0.2) is 81.7 Å². The van der Waals surface area contributed by atoms with Gasteiger partial charge in [0.2, 0.25) is 5.82 Å².